The summed E-state index contributed by atoms with van der Waals surface area (Å²) in [6.45, 7) is 0.483. The molecule has 1 fully saturated rings. The van der Waals surface area contributed by atoms with Crippen LogP contribution >= 0.6 is 0 Å². The van der Waals surface area contributed by atoms with E-state index in [2.05, 4.69) is 10.2 Å². The van der Waals surface area contributed by atoms with Crippen molar-refractivity contribution in [3.05, 3.63) is 54.1 Å². The molecule has 1 saturated heterocycles. The van der Waals surface area contributed by atoms with Crippen LogP contribution in [0.15, 0.2) is 42.6 Å². The number of hydrogen-bond donors (Lipinski definition) is 1. The zero-order valence-corrected chi connectivity index (χ0v) is 13.5. The first kappa shape index (κ1) is 17.2. The van der Waals surface area contributed by atoms with Gasteiger partial charge in [0.15, 0.2) is 5.69 Å². The molecule has 8 heteroatoms. The number of halogens is 1. The highest BCUT2D eigenvalue weighted by Gasteiger charge is 2.36. The fourth-order valence-electron chi connectivity index (χ4n) is 2.53. The third-order valence-electron chi connectivity index (χ3n) is 3.74. The predicted molar refractivity (Wildman–Crippen MR) is 85.6 cm³/mol. The first-order valence-corrected chi connectivity index (χ1v) is 7.81. The molecule has 1 N–H and O–H groups in total. The molecule has 2 aromatic rings. The average Bonchev–Trinajstić information content (AvgIpc) is 2.83. The standard InChI is InChI=1S/C17H18FN3O4/c18-13-3-1-4-14(9-13)25-12-17(23)10-21(7-8-24-11-17)16(22)15-5-2-6-19-20-15/h1-6,9,23H,7-8,10-12H2/t17-/m0/s1. The third-order valence-corrected chi connectivity index (χ3v) is 3.74. The molecule has 1 aromatic carbocycles. The lowest BCUT2D eigenvalue weighted by molar-refractivity contribution is -0.0621. The summed E-state index contributed by atoms with van der Waals surface area (Å²) in [6, 6.07) is 8.81. The minimum Gasteiger partial charge on any atom is -0.490 e. The van der Waals surface area contributed by atoms with Gasteiger partial charge < -0.3 is 19.5 Å². The van der Waals surface area contributed by atoms with Gasteiger partial charge in [0.05, 0.1) is 19.8 Å². The fourth-order valence-corrected chi connectivity index (χ4v) is 2.53. The number of benzene rings is 1. The van der Waals surface area contributed by atoms with Gasteiger partial charge in [0, 0.05) is 18.8 Å². The second-order valence-electron chi connectivity index (χ2n) is 5.86. The summed E-state index contributed by atoms with van der Waals surface area (Å²) in [5.74, 6) is -0.478. The van der Waals surface area contributed by atoms with Gasteiger partial charge in [-0.2, -0.15) is 5.10 Å². The Bertz CT molecular complexity index is 731. The summed E-state index contributed by atoms with van der Waals surface area (Å²) in [5.41, 5.74) is -1.22. The van der Waals surface area contributed by atoms with Crippen molar-refractivity contribution in [1.82, 2.24) is 15.1 Å². The normalized spacial score (nSPS) is 20.8. The molecular weight excluding hydrogens is 329 g/mol. The van der Waals surface area contributed by atoms with Crippen LogP contribution in [-0.2, 0) is 4.74 Å². The highest BCUT2D eigenvalue weighted by atomic mass is 19.1. The first-order valence-electron chi connectivity index (χ1n) is 7.81. The topological polar surface area (TPSA) is 84.8 Å². The van der Waals surface area contributed by atoms with Crippen LogP contribution in [0.3, 0.4) is 0 Å². The number of amides is 1. The average molecular weight is 347 g/mol. The molecule has 0 radical (unpaired) electrons. The lowest BCUT2D eigenvalue weighted by atomic mass is 10.1. The largest absolute Gasteiger partial charge is 0.490 e. The van der Waals surface area contributed by atoms with Crippen molar-refractivity contribution in [2.75, 3.05) is 32.9 Å². The number of carbonyl (C=O) groups excluding carboxylic acids is 1. The van der Waals surface area contributed by atoms with E-state index >= 15 is 0 Å². The number of aliphatic hydroxyl groups is 1. The van der Waals surface area contributed by atoms with Gasteiger partial charge in [-0.25, -0.2) is 4.39 Å². The van der Waals surface area contributed by atoms with Gasteiger partial charge in [-0.1, -0.05) is 6.07 Å². The molecule has 132 valence electrons. The molecule has 1 aliphatic heterocycles. The Morgan fingerprint density at radius 3 is 3.04 bits per heavy atom. The summed E-state index contributed by atoms with van der Waals surface area (Å²) in [5, 5.41) is 18.3. The zero-order chi connectivity index (χ0) is 17.7. The molecule has 1 aromatic heterocycles. The molecule has 0 bridgehead atoms. The number of rotatable bonds is 4. The van der Waals surface area contributed by atoms with Crippen molar-refractivity contribution in [2.24, 2.45) is 0 Å². The molecule has 3 rings (SSSR count). The number of ether oxygens (including phenoxy) is 2. The molecule has 1 amide bonds. The summed E-state index contributed by atoms with van der Waals surface area (Å²) < 4.78 is 24.1. The third kappa shape index (κ3) is 4.49. The monoisotopic (exact) mass is 347 g/mol. The van der Waals surface area contributed by atoms with E-state index < -0.39 is 11.4 Å². The van der Waals surface area contributed by atoms with E-state index in [4.69, 9.17) is 9.47 Å². The molecule has 1 atom stereocenters. The Morgan fingerprint density at radius 1 is 1.40 bits per heavy atom. The Morgan fingerprint density at radius 2 is 2.28 bits per heavy atom. The van der Waals surface area contributed by atoms with Crippen LogP contribution in [0.2, 0.25) is 0 Å². The highest BCUT2D eigenvalue weighted by Crippen LogP contribution is 2.18. The smallest absolute Gasteiger partial charge is 0.274 e. The molecule has 0 unspecified atom stereocenters. The van der Waals surface area contributed by atoms with E-state index in [9.17, 15) is 14.3 Å². The van der Waals surface area contributed by atoms with Crippen LogP contribution in [0, 0.1) is 5.82 Å². The maximum atomic E-state index is 13.2. The minimum absolute atomic E-state index is 0.00651. The molecule has 1 aliphatic rings. The quantitative estimate of drug-likeness (QED) is 0.885. The van der Waals surface area contributed by atoms with E-state index in [1.165, 1.54) is 29.3 Å². The van der Waals surface area contributed by atoms with Crippen LogP contribution in [-0.4, -0.2) is 64.6 Å². The van der Waals surface area contributed by atoms with Crippen LogP contribution in [0.1, 0.15) is 10.5 Å². The van der Waals surface area contributed by atoms with Gasteiger partial charge in [-0.15, -0.1) is 5.10 Å². The van der Waals surface area contributed by atoms with Crippen LogP contribution < -0.4 is 4.74 Å². The Hall–Kier alpha value is -2.58. The molecule has 0 aliphatic carbocycles. The van der Waals surface area contributed by atoms with E-state index in [0.717, 1.165) is 0 Å². The van der Waals surface area contributed by atoms with E-state index in [-0.39, 0.29) is 38.0 Å². The van der Waals surface area contributed by atoms with E-state index in [1.54, 1.807) is 18.2 Å². The van der Waals surface area contributed by atoms with Crippen LogP contribution in [0.5, 0.6) is 5.75 Å². The number of nitrogens with zero attached hydrogens (tertiary/aromatic N) is 3. The Labute approximate surface area is 144 Å². The van der Waals surface area contributed by atoms with Gasteiger partial charge in [0.25, 0.3) is 5.91 Å². The maximum Gasteiger partial charge on any atom is 0.274 e. The van der Waals surface area contributed by atoms with Gasteiger partial charge in [0.1, 0.15) is 23.8 Å². The lowest BCUT2D eigenvalue weighted by Gasteiger charge is -2.30. The Balaban J connectivity index is 1.69. The maximum absolute atomic E-state index is 13.2. The fraction of sp³-hybridized carbons (Fsp3) is 0.353. The molecule has 0 spiro atoms. The molecule has 7 nitrogen and oxygen atoms in total. The second-order valence-corrected chi connectivity index (χ2v) is 5.86. The van der Waals surface area contributed by atoms with Crippen molar-refractivity contribution in [2.45, 2.75) is 5.60 Å². The van der Waals surface area contributed by atoms with E-state index in [0.29, 0.717) is 12.3 Å². The van der Waals surface area contributed by atoms with Gasteiger partial charge in [0.2, 0.25) is 0 Å². The summed E-state index contributed by atoms with van der Waals surface area (Å²) in [4.78, 5) is 14.0. The molecule has 25 heavy (non-hydrogen) atoms. The highest BCUT2D eigenvalue weighted by molar-refractivity contribution is 5.92. The molecule has 0 saturated carbocycles. The molecular formula is C17H18FN3O4. The summed E-state index contributed by atoms with van der Waals surface area (Å²) in [6.07, 6.45) is 1.48. The minimum atomic E-state index is -1.42. The predicted octanol–water partition coefficient (Wildman–Crippen LogP) is 0.898. The summed E-state index contributed by atoms with van der Waals surface area (Å²) in [7, 11) is 0. The van der Waals surface area contributed by atoms with Crippen LogP contribution in [0.25, 0.3) is 0 Å². The van der Waals surface area contributed by atoms with Gasteiger partial charge >= 0.3 is 0 Å². The Kier molecular flexibility index (Phi) is 5.20. The van der Waals surface area contributed by atoms with Crippen molar-refractivity contribution < 1.29 is 23.8 Å². The van der Waals surface area contributed by atoms with Crippen molar-refractivity contribution >= 4 is 5.91 Å². The van der Waals surface area contributed by atoms with Crippen LogP contribution in [0.4, 0.5) is 4.39 Å². The first-order chi connectivity index (χ1) is 12.1. The van der Waals surface area contributed by atoms with E-state index in [1.807, 2.05) is 0 Å². The lowest BCUT2D eigenvalue weighted by Crippen LogP contribution is -2.50. The second kappa shape index (κ2) is 7.54. The van der Waals surface area contributed by atoms with Gasteiger partial charge in [-0.3, -0.25) is 4.79 Å². The molecule has 2 heterocycles. The van der Waals surface area contributed by atoms with Crippen molar-refractivity contribution in [1.29, 1.82) is 0 Å². The van der Waals surface area contributed by atoms with Gasteiger partial charge in [-0.05, 0) is 24.3 Å². The number of aromatic nitrogens is 2. The van der Waals surface area contributed by atoms with Crippen molar-refractivity contribution in [3.63, 3.8) is 0 Å². The number of hydrogen-bond acceptors (Lipinski definition) is 6. The number of β-amino-alcohol motifs (C(OH)–C–C–N with tert-alkyl or cyclic N) is 1. The zero-order valence-electron chi connectivity index (χ0n) is 13.5. The SMILES string of the molecule is O=C(c1cccnn1)N1CCOC[C@](O)(COc2cccc(F)c2)C1. The number of carbonyl (C=O) groups is 1. The summed E-state index contributed by atoms with van der Waals surface area (Å²) >= 11 is 0. The van der Waals surface area contributed by atoms with Crippen molar-refractivity contribution in [3.8, 4) is 5.75 Å².